The molecular weight excluding hydrogens is 364 g/mol. The Bertz CT molecular complexity index is 638. The standard InChI is InChI=1S/C20H25BrN2O/c1-24-19-6-4-5-17(13-19)20(23-11-2-3-12-23)15-22-14-16-7-9-18(21)10-8-16/h4-10,13,20,22H,2-3,11-12,14-15H2,1H3. The van der Waals surface area contributed by atoms with Crippen molar-refractivity contribution in [2.45, 2.75) is 25.4 Å². The fourth-order valence-electron chi connectivity index (χ4n) is 3.32. The van der Waals surface area contributed by atoms with Crippen molar-refractivity contribution in [1.29, 1.82) is 0 Å². The van der Waals surface area contributed by atoms with Gasteiger partial charge in [-0.2, -0.15) is 0 Å². The number of ether oxygens (including phenoxy) is 1. The van der Waals surface area contributed by atoms with Crippen molar-refractivity contribution in [2.75, 3.05) is 26.7 Å². The first-order valence-corrected chi connectivity index (χ1v) is 9.39. The van der Waals surface area contributed by atoms with Crippen LogP contribution in [0.2, 0.25) is 0 Å². The quantitative estimate of drug-likeness (QED) is 0.761. The van der Waals surface area contributed by atoms with Crippen molar-refractivity contribution < 1.29 is 4.74 Å². The monoisotopic (exact) mass is 388 g/mol. The zero-order valence-corrected chi connectivity index (χ0v) is 15.8. The topological polar surface area (TPSA) is 24.5 Å². The number of likely N-dealkylation sites (tertiary alicyclic amines) is 1. The first kappa shape index (κ1) is 17.5. The lowest BCUT2D eigenvalue weighted by atomic mass is 10.0. The highest BCUT2D eigenvalue weighted by Gasteiger charge is 2.23. The molecule has 1 unspecified atom stereocenters. The van der Waals surface area contributed by atoms with Gasteiger partial charge in [-0.15, -0.1) is 0 Å². The number of halogens is 1. The average Bonchev–Trinajstić information content (AvgIpc) is 3.14. The van der Waals surface area contributed by atoms with E-state index < -0.39 is 0 Å². The largest absolute Gasteiger partial charge is 0.497 e. The smallest absolute Gasteiger partial charge is 0.119 e. The van der Waals surface area contributed by atoms with Gasteiger partial charge in [-0.25, -0.2) is 0 Å². The third-order valence-electron chi connectivity index (χ3n) is 4.64. The minimum atomic E-state index is 0.401. The molecule has 128 valence electrons. The maximum atomic E-state index is 5.41. The van der Waals surface area contributed by atoms with Crippen LogP contribution in [0.4, 0.5) is 0 Å². The Morgan fingerprint density at radius 2 is 1.88 bits per heavy atom. The van der Waals surface area contributed by atoms with Crippen molar-refractivity contribution >= 4 is 15.9 Å². The highest BCUT2D eigenvalue weighted by molar-refractivity contribution is 9.10. The molecule has 0 aliphatic carbocycles. The molecule has 2 aromatic rings. The Morgan fingerprint density at radius 3 is 2.58 bits per heavy atom. The molecule has 1 N–H and O–H groups in total. The molecule has 0 bridgehead atoms. The van der Waals surface area contributed by atoms with Crippen LogP contribution >= 0.6 is 15.9 Å². The van der Waals surface area contributed by atoms with E-state index >= 15 is 0 Å². The summed E-state index contributed by atoms with van der Waals surface area (Å²) in [6.07, 6.45) is 2.60. The predicted molar refractivity (Wildman–Crippen MR) is 102 cm³/mol. The molecule has 1 atom stereocenters. The van der Waals surface area contributed by atoms with Crippen LogP contribution in [-0.4, -0.2) is 31.6 Å². The van der Waals surface area contributed by atoms with Gasteiger partial charge in [-0.1, -0.05) is 40.2 Å². The average molecular weight is 389 g/mol. The SMILES string of the molecule is COc1cccc(C(CNCc2ccc(Br)cc2)N2CCCC2)c1. The number of rotatable bonds is 7. The summed E-state index contributed by atoms with van der Waals surface area (Å²) in [7, 11) is 1.73. The van der Waals surface area contributed by atoms with Gasteiger partial charge < -0.3 is 10.1 Å². The van der Waals surface area contributed by atoms with Crippen LogP contribution in [0, 0.1) is 0 Å². The number of benzene rings is 2. The highest BCUT2D eigenvalue weighted by atomic mass is 79.9. The van der Waals surface area contributed by atoms with E-state index in [9.17, 15) is 0 Å². The van der Waals surface area contributed by atoms with E-state index in [1.807, 2.05) is 6.07 Å². The zero-order chi connectivity index (χ0) is 16.8. The molecule has 1 saturated heterocycles. The van der Waals surface area contributed by atoms with E-state index in [1.165, 1.54) is 37.1 Å². The van der Waals surface area contributed by atoms with Gasteiger partial charge in [-0.3, -0.25) is 4.90 Å². The highest BCUT2D eigenvalue weighted by Crippen LogP contribution is 2.27. The molecule has 4 heteroatoms. The van der Waals surface area contributed by atoms with Crippen molar-refractivity contribution in [3.63, 3.8) is 0 Å². The second kappa shape index (κ2) is 8.65. The summed E-state index contributed by atoms with van der Waals surface area (Å²) >= 11 is 3.49. The van der Waals surface area contributed by atoms with Gasteiger partial charge in [0.1, 0.15) is 5.75 Å². The maximum Gasteiger partial charge on any atom is 0.119 e. The number of hydrogen-bond acceptors (Lipinski definition) is 3. The van der Waals surface area contributed by atoms with Crippen LogP contribution in [0.15, 0.2) is 53.0 Å². The molecule has 0 aromatic heterocycles. The van der Waals surface area contributed by atoms with Crippen LogP contribution in [0.25, 0.3) is 0 Å². The summed E-state index contributed by atoms with van der Waals surface area (Å²) in [6.45, 7) is 4.20. The molecule has 3 rings (SSSR count). The summed E-state index contributed by atoms with van der Waals surface area (Å²) in [5.74, 6) is 0.935. The van der Waals surface area contributed by atoms with Crippen LogP contribution < -0.4 is 10.1 Å². The van der Waals surface area contributed by atoms with Gasteiger partial charge in [0.25, 0.3) is 0 Å². The minimum Gasteiger partial charge on any atom is -0.497 e. The molecule has 1 heterocycles. The van der Waals surface area contributed by atoms with Crippen LogP contribution in [0.5, 0.6) is 5.75 Å². The molecule has 3 nitrogen and oxygen atoms in total. The molecule has 1 aliphatic heterocycles. The third kappa shape index (κ3) is 4.59. The Kier molecular flexibility index (Phi) is 6.30. The number of hydrogen-bond donors (Lipinski definition) is 1. The molecule has 1 fully saturated rings. The van der Waals surface area contributed by atoms with E-state index in [0.717, 1.165) is 23.3 Å². The maximum absolute atomic E-state index is 5.41. The summed E-state index contributed by atoms with van der Waals surface area (Å²) in [5, 5.41) is 3.64. The molecular formula is C20H25BrN2O. The number of nitrogens with one attached hydrogen (secondary N) is 1. The van der Waals surface area contributed by atoms with E-state index in [2.05, 4.69) is 68.6 Å². The Balaban J connectivity index is 1.66. The van der Waals surface area contributed by atoms with Crippen LogP contribution in [0.1, 0.15) is 30.0 Å². The second-order valence-electron chi connectivity index (χ2n) is 6.29. The first-order chi connectivity index (χ1) is 11.8. The fourth-order valence-corrected chi connectivity index (χ4v) is 3.58. The van der Waals surface area contributed by atoms with Gasteiger partial charge in [0.15, 0.2) is 0 Å². The summed E-state index contributed by atoms with van der Waals surface area (Å²) in [6, 6.07) is 17.4. The molecule has 0 radical (unpaired) electrons. The normalized spacial score (nSPS) is 16.2. The number of nitrogens with zero attached hydrogens (tertiary/aromatic N) is 1. The fraction of sp³-hybridized carbons (Fsp3) is 0.400. The van der Waals surface area contributed by atoms with Crippen molar-refractivity contribution in [3.05, 3.63) is 64.1 Å². The lowest BCUT2D eigenvalue weighted by molar-refractivity contribution is 0.238. The Hall–Kier alpha value is -1.36. The zero-order valence-electron chi connectivity index (χ0n) is 14.2. The van der Waals surface area contributed by atoms with E-state index in [1.54, 1.807) is 7.11 Å². The lowest BCUT2D eigenvalue weighted by Crippen LogP contribution is -2.34. The lowest BCUT2D eigenvalue weighted by Gasteiger charge is -2.28. The first-order valence-electron chi connectivity index (χ1n) is 8.59. The number of methoxy groups -OCH3 is 1. The predicted octanol–water partition coefficient (Wildman–Crippen LogP) is 4.38. The van der Waals surface area contributed by atoms with Gasteiger partial charge in [0, 0.05) is 23.6 Å². The van der Waals surface area contributed by atoms with Gasteiger partial charge in [0.2, 0.25) is 0 Å². The Labute approximate surface area is 153 Å². The molecule has 1 aliphatic rings. The summed E-state index contributed by atoms with van der Waals surface area (Å²) in [4.78, 5) is 2.59. The second-order valence-corrected chi connectivity index (χ2v) is 7.21. The molecule has 2 aromatic carbocycles. The minimum absolute atomic E-state index is 0.401. The summed E-state index contributed by atoms with van der Waals surface area (Å²) in [5.41, 5.74) is 2.64. The molecule has 0 amide bonds. The molecule has 0 saturated carbocycles. The molecule has 0 spiro atoms. The van der Waals surface area contributed by atoms with E-state index in [-0.39, 0.29) is 0 Å². The molecule has 24 heavy (non-hydrogen) atoms. The van der Waals surface area contributed by atoms with Crippen molar-refractivity contribution in [3.8, 4) is 5.75 Å². The van der Waals surface area contributed by atoms with E-state index in [4.69, 9.17) is 4.74 Å². The Morgan fingerprint density at radius 1 is 1.12 bits per heavy atom. The van der Waals surface area contributed by atoms with Gasteiger partial charge in [-0.05, 0) is 61.3 Å². The van der Waals surface area contributed by atoms with Crippen LogP contribution in [-0.2, 0) is 6.54 Å². The third-order valence-corrected chi connectivity index (χ3v) is 5.17. The van der Waals surface area contributed by atoms with Gasteiger partial charge in [0.05, 0.1) is 7.11 Å². The van der Waals surface area contributed by atoms with E-state index in [0.29, 0.717) is 6.04 Å². The van der Waals surface area contributed by atoms with Gasteiger partial charge >= 0.3 is 0 Å². The van der Waals surface area contributed by atoms with Crippen molar-refractivity contribution in [1.82, 2.24) is 10.2 Å². The summed E-state index contributed by atoms with van der Waals surface area (Å²) < 4.78 is 6.53. The van der Waals surface area contributed by atoms with Crippen molar-refractivity contribution in [2.24, 2.45) is 0 Å². The van der Waals surface area contributed by atoms with Crippen LogP contribution in [0.3, 0.4) is 0 Å².